The molecule has 0 radical (unpaired) electrons. The van der Waals surface area contributed by atoms with Gasteiger partial charge in [0, 0.05) is 19.1 Å². The second kappa shape index (κ2) is 15.5. The minimum Gasteiger partial charge on any atom is -0.396 e. The van der Waals surface area contributed by atoms with Crippen molar-refractivity contribution in [2.75, 3.05) is 6.61 Å². The highest BCUT2D eigenvalue weighted by atomic mass is 19.1. The molecule has 0 atom stereocenters. The molecule has 0 bridgehead atoms. The van der Waals surface area contributed by atoms with Crippen molar-refractivity contribution in [1.82, 2.24) is 5.43 Å². The van der Waals surface area contributed by atoms with Crippen molar-refractivity contribution in [3.63, 3.8) is 0 Å². The first kappa shape index (κ1) is 25.4. The van der Waals surface area contributed by atoms with Crippen LogP contribution in [0.5, 0.6) is 0 Å². The van der Waals surface area contributed by atoms with Crippen molar-refractivity contribution >= 4 is 11.6 Å². The third kappa shape index (κ3) is 10.5. The highest BCUT2D eigenvalue weighted by Crippen LogP contribution is 2.15. The molecule has 28 heavy (non-hydrogen) atoms. The van der Waals surface area contributed by atoms with Crippen LogP contribution >= 0.6 is 0 Å². The Morgan fingerprint density at radius 1 is 1.11 bits per heavy atom. The fraction of sp³-hybridized carbons (Fsp3) is 0.364. The van der Waals surface area contributed by atoms with E-state index in [2.05, 4.69) is 10.5 Å². The predicted molar refractivity (Wildman–Crippen MR) is 110 cm³/mol. The number of aliphatic hydroxyl groups excluding tert-OH is 1. The molecule has 2 N–H and O–H groups in total. The van der Waals surface area contributed by atoms with Crippen molar-refractivity contribution in [3.05, 3.63) is 71.3 Å². The van der Waals surface area contributed by atoms with E-state index in [1.165, 1.54) is 6.92 Å². The summed E-state index contributed by atoms with van der Waals surface area (Å²) in [6, 6.07) is 12.8. The number of aliphatic hydroxyl groups is 1. The number of carbonyl (C=O) groups excluding carboxylic acids is 1. The molecular formula is C22H30F2N2O2. The molecule has 0 saturated heterocycles. The summed E-state index contributed by atoms with van der Waals surface area (Å²) in [4.78, 5) is 11.0. The summed E-state index contributed by atoms with van der Waals surface area (Å²) >= 11 is 0. The average molecular weight is 392 g/mol. The molecule has 0 saturated carbocycles. The minimum absolute atomic E-state index is 0.0599. The molecule has 6 heteroatoms. The zero-order chi connectivity index (χ0) is 21.4. The van der Waals surface area contributed by atoms with Gasteiger partial charge in [-0.3, -0.25) is 4.79 Å². The Bertz CT molecular complexity index is 718. The van der Waals surface area contributed by atoms with E-state index in [1.807, 2.05) is 51.1 Å². The van der Waals surface area contributed by atoms with Gasteiger partial charge in [0.1, 0.15) is 11.6 Å². The van der Waals surface area contributed by atoms with E-state index in [4.69, 9.17) is 5.11 Å². The standard InChI is InChI=1S/C17H16F2N2O.C3H8O.C2H6/c1-12(22)20-21-17(10-7-13-5-3-2-4-6-13)15-11-14(18)8-9-16(15)19;1-2-3-4;1-2/h2-6,8-9,11H,7,10H2,1H3,(H,20,22);4H,2-3H2,1H3;1-2H3/b21-17+;;. The average Bonchev–Trinajstić information content (AvgIpc) is 2.72. The normalized spacial score (nSPS) is 10.2. The van der Waals surface area contributed by atoms with Crippen LogP contribution in [0.2, 0.25) is 0 Å². The molecule has 0 spiro atoms. The molecule has 0 unspecified atom stereocenters. The van der Waals surface area contributed by atoms with Gasteiger partial charge in [-0.2, -0.15) is 5.10 Å². The van der Waals surface area contributed by atoms with Crippen molar-refractivity contribution in [2.45, 2.75) is 47.0 Å². The first-order valence-electron chi connectivity index (χ1n) is 9.41. The zero-order valence-corrected chi connectivity index (χ0v) is 17.0. The fourth-order valence-electron chi connectivity index (χ4n) is 2.02. The number of hydrazone groups is 1. The molecule has 0 aliphatic heterocycles. The van der Waals surface area contributed by atoms with E-state index in [-0.39, 0.29) is 11.5 Å². The lowest BCUT2D eigenvalue weighted by atomic mass is 10.0. The number of hydrogen-bond acceptors (Lipinski definition) is 3. The van der Waals surface area contributed by atoms with Gasteiger partial charge < -0.3 is 5.11 Å². The van der Waals surface area contributed by atoms with Gasteiger partial charge in [-0.25, -0.2) is 14.2 Å². The highest BCUT2D eigenvalue weighted by Gasteiger charge is 2.12. The van der Waals surface area contributed by atoms with Gasteiger partial charge in [-0.1, -0.05) is 51.1 Å². The summed E-state index contributed by atoms with van der Waals surface area (Å²) in [6.07, 6.45) is 1.86. The number of halogens is 2. The number of hydrogen-bond donors (Lipinski definition) is 2. The fourth-order valence-corrected chi connectivity index (χ4v) is 2.02. The predicted octanol–water partition coefficient (Wildman–Crippen LogP) is 4.85. The summed E-state index contributed by atoms with van der Waals surface area (Å²) in [7, 11) is 0. The maximum atomic E-state index is 13.9. The number of nitrogens with one attached hydrogen (secondary N) is 1. The van der Waals surface area contributed by atoms with Crippen LogP contribution in [0.3, 0.4) is 0 Å². The van der Waals surface area contributed by atoms with Crippen LogP contribution in [0.1, 0.15) is 51.7 Å². The van der Waals surface area contributed by atoms with Crippen LogP contribution in [-0.2, 0) is 11.2 Å². The Kier molecular flexibility index (Phi) is 14.0. The largest absolute Gasteiger partial charge is 0.396 e. The van der Waals surface area contributed by atoms with Gasteiger partial charge in [-0.15, -0.1) is 0 Å². The topological polar surface area (TPSA) is 61.7 Å². The number of benzene rings is 2. The summed E-state index contributed by atoms with van der Waals surface area (Å²) in [6.45, 7) is 7.56. The highest BCUT2D eigenvalue weighted by molar-refractivity contribution is 6.01. The molecule has 0 heterocycles. The monoisotopic (exact) mass is 392 g/mol. The molecule has 0 aromatic heterocycles. The van der Waals surface area contributed by atoms with Gasteiger partial charge in [0.2, 0.25) is 5.91 Å². The zero-order valence-electron chi connectivity index (χ0n) is 17.0. The van der Waals surface area contributed by atoms with E-state index >= 15 is 0 Å². The van der Waals surface area contributed by atoms with Crippen LogP contribution in [0, 0.1) is 11.6 Å². The molecule has 154 valence electrons. The summed E-state index contributed by atoms with van der Waals surface area (Å²) in [5.41, 5.74) is 3.70. The molecule has 0 fully saturated rings. The quantitative estimate of drug-likeness (QED) is 0.545. The minimum atomic E-state index is -0.571. The second-order valence-corrected chi connectivity index (χ2v) is 5.56. The molecule has 2 aromatic rings. The van der Waals surface area contributed by atoms with E-state index in [0.29, 0.717) is 25.2 Å². The Labute approximate surface area is 166 Å². The Hall–Kier alpha value is -2.60. The van der Waals surface area contributed by atoms with E-state index in [1.54, 1.807) is 0 Å². The Morgan fingerprint density at radius 3 is 2.25 bits per heavy atom. The van der Waals surface area contributed by atoms with Gasteiger partial charge in [-0.05, 0) is 43.0 Å². The number of amides is 1. The summed E-state index contributed by atoms with van der Waals surface area (Å²) in [5, 5.41) is 11.8. The molecule has 2 aromatic carbocycles. The Morgan fingerprint density at radius 2 is 1.71 bits per heavy atom. The number of aryl methyl sites for hydroxylation is 1. The number of nitrogens with zero attached hydrogens (tertiary/aromatic N) is 1. The third-order valence-corrected chi connectivity index (χ3v) is 3.30. The van der Waals surface area contributed by atoms with E-state index < -0.39 is 11.6 Å². The van der Waals surface area contributed by atoms with Crippen molar-refractivity contribution in [2.24, 2.45) is 5.10 Å². The summed E-state index contributed by atoms with van der Waals surface area (Å²) < 4.78 is 27.3. The molecule has 1 amide bonds. The summed E-state index contributed by atoms with van der Waals surface area (Å²) in [5.74, 6) is -1.49. The van der Waals surface area contributed by atoms with Crippen molar-refractivity contribution in [3.8, 4) is 0 Å². The van der Waals surface area contributed by atoms with Crippen LogP contribution in [0.4, 0.5) is 8.78 Å². The first-order chi connectivity index (χ1) is 13.5. The lowest BCUT2D eigenvalue weighted by Crippen LogP contribution is -2.18. The van der Waals surface area contributed by atoms with Gasteiger partial charge in [0.15, 0.2) is 0 Å². The van der Waals surface area contributed by atoms with Gasteiger partial charge in [0.25, 0.3) is 0 Å². The van der Waals surface area contributed by atoms with Gasteiger partial charge >= 0.3 is 0 Å². The first-order valence-corrected chi connectivity index (χ1v) is 9.41. The molecule has 0 aliphatic rings. The lowest BCUT2D eigenvalue weighted by molar-refractivity contribution is -0.118. The molecule has 0 aliphatic carbocycles. The third-order valence-electron chi connectivity index (χ3n) is 3.30. The number of rotatable bonds is 6. The number of carbonyl (C=O) groups is 1. The lowest BCUT2D eigenvalue weighted by Gasteiger charge is -2.09. The van der Waals surface area contributed by atoms with E-state index in [0.717, 1.165) is 30.2 Å². The van der Waals surface area contributed by atoms with Crippen molar-refractivity contribution < 1.29 is 18.7 Å². The second-order valence-electron chi connectivity index (χ2n) is 5.56. The Balaban J connectivity index is 0.00000108. The van der Waals surface area contributed by atoms with Gasteiger partial charge in [0.05, 0.1) is 5.71 Å². The maximum absolute atomic E-state index is 13.9. The van der Waals surface area contributed by atoms with Crippen LogP contribution in [0.25, 0.3) is 0 Å². The van der Waals surface area contributed by atoms with Crippen LogP contribution in [0.15, 0.2) is 53.6 Å². The molecule has 2 rings (SSSR count). The molecular weight excluding hydrogens is 362 g/mol. The smallest absolute Gasteiger partial charge is 0.236 e. The van der Waals surface area contributed by atoms with Crippen LogP contribution in [-0.4, -0.2) is 23.3 Å². The van der Waals surface area contributed by atoms with Crippen molar-refractivity contribution in [1.29, 1.82) is 0 Å². The SMILES string of the molecule is CC.CC(=O)N/N=C(\CCc1ccccc1)c1cc(F)ccc1F.CCCO. The van der Waals surface area contributed by atoms with E-state index in [9.17, 15) is 13.6 Å². The maximum Gasteiger partial charge on any atom is 0.236 e. The molecule has 4 nitrogen and oxygen atoms in total. The van der Waals surface area contributed by atoms with Crippen LogP contribution < -0.4 is 5.43 Å².